The minimum atomic E-state index is -4.78. The summed E-state index contributed by atoms with van der Waals surface area (Å²) < 4.78 is 41.2. The minimum Gasteiger partial charge on any atom is -0.405 e. The molecule has 0 fully saturated rings. The van der Waals surface area contributed by atoms with E-state index < -0.39 is 6.36 Å². The maximum Gasteiger partial charge on any atom is 0.573 e. The molecule has 0 aliphatic rings. The number of para-hydroxylation sites is 1. The fourth-order valence-electron chi connectivity index (χ4n) is 1.96. The number of hydrogen-bond donors (Lipinski definition) is 0. The first kappa shape index (κ1) is 17.5. The maximum atomic E-state index is 12.4. The second-order valence-corrected chi connectivity index (χ2v) is 4.97. The van der Waals surface area contributed by atoms with Crippen LogP contribution in [0.4, 0.5) is 13.2 Å². The molecule has 0 spiro atoms. The Bertz CT molecular complexity index is 715. The van der Waals surface area contributed by atoms with E-state index in [1.807, 2.05) is 0 Å². The van der Waals surface area contributed by atoms with Gasteiger partial charge in [-0.15, -0.1) is 13.2 Å². The van der Waals surface area contributed by atoms with Crippen LogP contribution < -0.4 is 4.74 Å². The van der Waals surface area contributed by atoms with Gasteiger partial charge >= 0.3 is 6.36 Å². The third kappa shape index (κ3) is 5.42. The van der Waals surface area contributed by atoms with Crippen molar-refractivity contribution >= 4 is 12.0 Å². The van der Waals surface area contributed by atoms with Crippen LogP contribution >= 0.6 is 0 Å². The van der Waals surface area contributed by atoms with Crippen LogP contribution in [0, 0.1) is 0 Å². The predicted octanol–water partition coefficient (Wildman–Crippen LogP) is 3.65. The average Bonchev–Trinajstić information content (AvgIpc) is 2.54. The molecule has 1 aromatic heterocycles. The number of benzene rings is 1. The van der Waals surface area contributed by atoms with Gasteiger partial charge in [0.15, 0.2) is 0 Å². The predicted molar refractivity (Wildman–Crippen MR) is 82.9 cm³/mol. The van der Waals surface area contributed by atoms with Gasteiger partial charge in [-0.3, -0.25) is 9.78 Å². The molecule has 4 nitrogen and oxygen atoms in total. The summed E-state index contributed by atoms with van der Waals surface area (Å²) in [5, 5.41) is 0. The minimum absolute atomic E-state index is 0.0114. The highest BCUT2D eigenvalue weighted by atomic mass is 19.4. The van der Waals surface area contributed by atoms with Gasteiger partial charge in [0.2, 0.25) is 5.91 Å². The summed E-state index contributed by atoms with van der Waals surface area (Å²) in [4.78, 5) is 17.3. The molecule has 0 aliphatic heterocycles. The number of ether oxygens (including phenoxy) is 1. The lowest BCUT2D eigenvalue weighted by Gasteiger charge is -2.18. The van der Waals surface area contributed by atoms with Gasteiger partial charge in [0.25, 0.3) is 0 Å². The number of likely N-dealkylation sites (N-methyl/N-ethyl adjacent to an activating group) is 1. The molecular formula is C17H15F3N2O2. The Labute approximate surface area is 137 Å². The maximum absolute atomic E-state index is 12.4. The normalized spacial score (nSPS) is 11.5. The van der Waals surface area contributed by atoms with Crippen molar-refractivity contribution in [2.45, 2.75) is 12.9 Å². The fourth-order valence-corrected chi connectivity index (χ4v) is 1.96. The number of carbonyl (C=O) groups is 1. The molecule has 0 atom stereocenters. The summed E-state index contributed by atoms with van der Waals surface area (Å²) in [7, 11) is 1.50. The lowest BCUT2D eigenvalue weighted by Crippen LogP contribution is -2.25. The van der Waals surface area contributed by atoms with Gasteiger partial charge in [0.1, 0.15) is 5.75 Å². The Morgan fingerprint density at radius 3 is 2.67 bits per heavy atom. The summed E-state index contributed by atoms with van der Waals surface area (Å²) in [6, 6.07) is 9.24. The van der Waals surface area contributed by atoms with Gasteiger partial charge in [-0.25, -0.2) is 0 Å². The number of pyridine rings is 1. The molecule has 0 N–H and O–H groups in total. The van der Waals surface area contributed by atoms with Crippen molar-refractivity contribution < 1.29 is 22.7 Å². The van der Waals surface area contributed by atoms with E-state index in [-0.39, 0.29) is 23.8 Å². The van der Waals surface area contributed by atoms with Crippen LogP contribution in [-0.2, 0) is 11.3 Å². The molecule has 0 saturated heterocycles. The third-order valence-electron chi connectivity index (χ3n) is 3.08. The zero-order valence-corrected chi connectivity index (χ0v) is 12.8. The van der Waals surface area contributed by atoms with E-state index in [9.17, 15) is 18.0 Å². The van der Waals surface area contributed by atoms with Gasteiger partial charge in [-0.05, 0) is 23.8 Å². The molecule has 126 valence electrons. The van der Waals surface area contributed by atoms with Crippen molar-refractivity contribution in [3.63, 3.8) is 0 Å². The lowest BCUT2D eigenvalue weighted by atomic mass is 10.2. The molecule has 7 heteroatoms. The van der Waals surface area contributed by atoms with Crippen LogP contribution in [0.15, 0.2) is 54.9 Å². The van der Waals surface area contributed by atoms with E-state index in [1.54, 1.807) is 36.7 Å². The third-order valence-corrected chi connectivity index (χ3v) is 3.08. The first-order chi connectivity index (χ1) is 11.3. The Balaban J connectivity index is 2.05. The summed E-state index contributed by atoms with van der Waals surface area (Å²) in [6.45, 7) is -0.0114. The van der Waals surface area contributed by atoms with Crippen molar-refractivity contribution in [3.8, 4) is 5.75 Å². The standard InChI is InChI=1S/C17H15F3N2O2/c1-22(16(23)9-8-13-5-4-10-21-11-13)12-14-6-2-3-7-15(14)24-17(18,19)20/h2-11H,12H2,1H3/b9-8+. The Hall–Kier alpha value is -2.83. The summed E-state index contributed by atoms with van der Waals surface area (Å²) >= 11 is 0. The molecule has 1 heterocycles. The van der Waals surface area contributed by atoms with Crippen LogP contribution in [0.1, 0.15) is 11.1 Å². The Morgan fingerprint density at radius 1 is 1.25 bits per heavy atom. The van der Waals surface area contributed by atoms with Crippen LogP contribution in [0.3, 0.4) is 0 Å². The van der Waals surface area contributed by atoms with Crippen molar-refractivity contribution in [2.24, 2.45) is 0 Å². The molecule has 0 unspecified atom stereocenters. The van der Waals surface area contributed by atoms with Crippen LogP contribution in [-0.4, -0.2) is 29.2 Å². The molecule has 0 radical (unpaired) electrons. The molecule has 0 bridgehead atoms. The number of hydrogen-bond acceptors (Lipinski definition) is 3. The number of amides is 1. The van der Waals surface area contributed by atoms with E-state index in [4.69, 9.17) is 0 Å². The quantitative estimate of drug-likeness (QED) is 0.783. The molecule has 0 aliphatic carbocycles. The van der Waals surface area contributed by atoms with Gasteiger partial charge in [0.05, 0.1) is 0 Å². The highest BCUT2D eigenvalue weighted by molar-refractivity contribution is 5.91. The van der Waals surface area contributed by atoms with Crippen molar-refractivity contribution in [1.29, 1.82) is 0 Å². The highest BCUT2D eigenvalue weighted by Gasteiger charge is 2.32. The van der Waals surface area contributed by atoms with E-state index in [1.165, 1.54) is 36.2 Å². The molecular weight excluding hydrogens is 321 g/mol. The highest BCUT2D eigenvalue weighted by Crippen LogP contribution is 2.26. The van der Waals surface area contributed by atoms with Gasteiger partial charge < -0.3 is 9.64 Å². The smallest absolute Gasteiger partial charge is 0.405 e. The SMILES string of the molecule is CN(Cc1ccccc1OC(F)(F)F)C(=O)/C=C/c1cccnc1. The van der Waals surface area contributed by atoms with Crippen molar-refractivity contribution in [1.82, 2.24) is 9.88 Å². The molecule has 1 aromatic carbocycles. The number of carbonyl (C=O) groups excluding carboxylic acids is 1. The van der Waals surface area contributed by atoms with Gasteiger partial charge in [-0.1, -0.05) is 24.3 Å². The Morgan fingerprint density at radius 2 is 2.00 bits per heavy atom. The number of halogens is 3. The van der Waals surface area contributed by atoms with Crippen LogP contribution in [0.2, 0.25) is 0 Å². The second-order valence-electron chi connectivity index (χ2n) is 4.97. The first-order valence-electron chi connectivity index (χ1n) is 7.02. The zero-order valence-electron chi connectivity index (χ0n) is 12.8. The summed E-state index contributed by atoms with van der Waals surface area (Å²) in [5.74, 6) is -0.665. The van der Waals surface area contributed by atoms with E-state index in [2.05, 4.69) is 9.72 Å². The van der Waals surface area contributed by atoms with E-state index in [0.717, 1.165) is 5.56 Å². The van der Waals surface area contributed by atoms with Crippen LogP contribution in [0.25, 0.3) is 6.08 Å². The lowest BCUT2D eigenvalue weighted by molar-refractivity contribution is -0.275. The average molecular weight is 336 g/mol. The molecule has 1 amide bonds. The molecule has 0 saturated carbocycles. The van der Waals surface area contributed by atoms with E-state index >= 15 is 0 Å². The van der Waals surface area contributed by atoms with Crippen molar-refractivity contribution in [2.75, 3.05) is 7.05 Å². The monoisotopic (exact) mass is 336 g/mol. The van der Waals surface area contributed by atoms with Crippen LogP contribution in [0.5, 0.6) is 5.75 Å². The number of aromatic nitrogens is 1. The molecule has 2 rings (SSSR count). The number of rotatable bonds is 5. The number of nitrogens with zero attached hydrogens (tertiary/aromatic N) is 2. The largest absolute Gasteiger partial charge is 0.573 e. The fraction of sp³-hybridized carbons (Fsp3) is 0.176. The first-order valence-corrected chi connectivity index (χ1v) is 7.02. The summed E-state index contributed by atoms with van der Waals surface area (Å²) in [5.41, 5.74) is 1.01. The molecule has 24 heavy (non-hydrogen) atoms. The van der Waals surface area contributed by atoms with Gasteiger partial charge in [0, 0.05) is 37.6 Å². The summed E-state index contributed by atoms with van der Waals surface area (Å²) in [6.07, 6.45) is 1.35. The topological polar surface area (TPSA) is 42.4 Å². The van der Waals surface area contributed by atoms with Gasteiger partial charge in [-0.2, -0.15) is 0 Å². The van der Waals surface area contributed by atoms with Crippen molar-refractivity contribution in [3.05, 3.63) is 66.0 Å². The van der Waals surface area contributed by atoms with E-state index in [0.29, 0.717) is 0 Å². The zero-order chi connectivity index (χ0) is 17.6. The second kappa shape index (κ2) is 7.63. The number of alkyl halides is 3. The Kier molecular flexibility index (Phi) is 5.57. The molecule has 2 aromatic rings.